The lowest BCUT2D eigenvalue weighted by Gasteiger charge is -2.26. The SMILES string of the molecule is CN(C(=O)[C@@H]1CC[C@H](C(=O)O)C1)C1CCS(=O)(=O)C1. The first-order valence-corrected chi connectivity index (χ1v) is 8.32. The minimum atomic E-state index is -3.01. The number of carbonyl (C=O) groups is 2. The highest BCUT2D eigenvalue weighted by Gasteiger charge is 2.39. The topological polar surface area (TPSA) is 91.8 Å². The standard InChI is InChI=1S/C12H19NO5S/c1-13(10-4-5-19(17,18)7-10)11(14)8-2-3-9(6-8)12(15)16/h8-10H,2-7H2,1H3,(H,15,16)/t8-,9+,10?/m1/s1. The lowest BCUT2D eigenvalue weighted by atomic mass is 10.0. The van der Waals surface area contributed by atoms with E-state index >= 15 is 0 Å². The average Bonchev–Trinajstić information content (AvgIpc) is 2.93. The minimum absolute atomic E-state index is 0.0321. The fourth-order valence-electron chi connectivity index (χ4n) is 2.98. The molecule has 7 heteroatoms. The fraction of sp³-hybridized carbons (Fsp3) is 0.833. The second-order valence-corrected chi connectivity index (χ2v) is 7.78. The molecule has 1 N–H and O–H groups in total. The number of hydrogen-bond acceptors (Lipinski definition) is 4. The van der Waals surface area contributed by atoms with Gasteiger partial charge in [-0.1, -0.05) is 0 Å². The Hall–Kier alpha value is -1.11. The summed E-state index contributed by atoms with van der Waals surface area (Å²) in [7, 11) is -1.38. The molecular weight excluding hydrogens is 270 g/mol. The van der Waals surface area contributed by atoms with Crippen molar-refractivity contribution in [1.82, 2.24) is 4.90 Å². The summed E-state index contributed by atoms with van der Waals surface area (Å²) in [4.78, 5) is 24.6. The molecule has 1 amide bonds. The van der Waals surface area contributed by atoms with Crippen LogP contribution in [0, 0.1) is 11.8 Å². The third-order valence-electron chi connectivity index (χ3n) is 4.23. The monoisotopic (exact) mass is 289 g/mol. The molecule has 2 fully saturated rings. The first kappa shape index (κ1) is 14.3. The van der Waals surface area contributed by atoms with Crippen LogP contribution in [0.4, 0.5) is 0 Å². The summed E-state index contributed by atoms with van der Waals surface area (Å²) in [6.07, 6.45) is 1.97. The third kappa shape index (κ3) is 3.08. The van der Waals surface area contributed by atoms with E-state index in [-0.39, 0.29) is 29.4 Å². The van der Waals surface area contributed by atoms with Gasteiger partial charge in [0, 0.05) is 19.0 Å². The smallest absolute Gasteiger partial charge is 0.306 e. The van der Waals surface area contributed by atoms with Crippen LogP contribution in [-0.4, -0.2) is 54.9 Å². The Balaban J connectivity index is 1.95. The van der Waals surface area contributed by atoms with Crippen molar-refractivity contribution >= 4 is 21.7 Å². The zero-order valence-corrected chi connectivity index (χ0v) is 11.7. The molecule has 3 atom stereocenters. The van der Waals surface area contributed by atoms with Crippen molar-refractivity contribution in [2.45, 2.75) is 31.7 Å². The second-order valence-electron chi connectivity index (χ2n) is 5.55. The van der Waals surface area contributed by atoms with Gasteiger partial charge in [0.25, 0.3) is 0 Å². The molecule has 2 rings (SSSR count). The predicted octanol–water partition coefficient (Wildman–Crippen LogP) is 0.133. The molecule has 1 heterocycles. The molecule has 108 valence electrons. The Kier molecular flexibility index (Phi) is 3.85. The van der Waals surface area contributed by atoms with Gasteiger partial charge in [-0.25, -0.2) is 8.42 Å². The molecule has 1 saturated carbocycles. The summed E-state index contributed by atoms with van der Waals surface area (Å²) < 4.78 is 22.8. The normalized spacial score (nSPS) is 33.2. The molecule has 2 aliphatic rings. The summed E-state index contributed by atoms with van der Waals surface area (Å²) in [5.74, 6) is -1.49. The number of aliphatic carboxylic acids is 1. The molecule has 1 saturated heterocycles. The van der Waals surface area contributed by atoms with E-state index in [1.54, 1.807) is 7.05 Å². The number of sulfone groups is 1. The van der Waals surface area contributed by atoms with E-state index in [0.717, 1.165) is 0 Å². The van der Waals surface area contributed by atoms with Crippen LogP contribution in [-0.2, 0) is 19.4 Å². The van der Waals surface area contributed by atoms with Crippen LogP contribution in [0.2, 0.25) is 0 Å². The van der Waals surface area contributed by atoms with Gasteiger partial charge in [0.2, 0.25) is 5.91 Å². The van der Waals surface area contributed by atoms with Crippen LogP contribution in [0.3, 0.4) is 0 Å². The quantitative estimate of drug-likeness (QED) is 0.797. The molecule has 0 radical (unpaired) electrons. The lowest BCUT2D eigenvalue weighted by Crippen LogP contribution is -2.41. The largest absolute Gasteiger partial charge is 0.481 e. The van der Waals surface area contributed by atoms with Crippen LogP contribution < -0.4 is 0 Å². The molecule has 1 unspecified atom stereocenters. The molecule has 0 aromatic carbocycles. The first-order valence-electron chi connectivity index (χ1n) is 6.50. The minimum Gasteiger partial charge on any atom is -0.481 e. The Morgan fingerprint density at radius 2 is 1.79 bits per heavy atom. The van der Waals surface area contributed by atoms with Crippen LogP contribution >= 0.6 is 0 Å². The van der Waals surface area contributed by atoms with Crippen molar-refractivity contribution in [1.29, 1.82) is 0 Å². The van der Waals surface area contributed by atoms with Gasteiger partial charge < -0.3 is 10.0 Å². The van der Waals surface area contributed by atoms with Gasteiger partial charge in [-0.15, -0.1) is 0 Å². The molecule has 1 aliphatic carbocycles. The van der Waals surface area contributed by atoms with Crippen molar-refractivity contribution in [2.75, 3.05) is 18.6 Å². The number of hydrogen-bond donors (Lipinski definition) is 1. The maximum atomic E-state index is 12.2. The maximum Gasteiger partial charge on any atom is 0.306 e. The van der Waals surface area contributed by atoms with E-state index in [1.807, 2.05) is 0 Å². The van der Waals surface area contributed by atoms with E-state index in [9.17, 15) is 18.0 Å². The zero-order valence-electron chi connectivity index (χ0n) is 10.9. The highest BCUT2D eigenvalue weighted by molar-refractivity contribution is 7.91. The summed E-state index contributed by atoms with van der Waals surface area (Å²) >= 11 is 0. The van der Waals surface area contributed by atoms with Crippen molar-refractivity contribution in [3.8, 4) is 0 Å². The van der Waals surface area contributed by atoms with Gasteiger partial charge in [-0.3, -0.25) is 9.59 Å². The fourth-order valence-corrected chi connectivity index (χ4v) is 4.75. The summed E-state index contributed by atoms with van der Waals surface area (Å²) in [5, 5.41) is 8.93. The molecule has 0 aromatic rings. The van der Waals surface area contributed by atoms with Gasteiger partial charge in [0.15, 0.2) is 9.84 Å². The number of amides is 1. The number of carbonyl (C=O) groups excluding carboxylic acids is 1. The van der Waals surface area contributed by atoms with Crippen molar-refractivity contribution < 1.29 is 23.1 Å². The number of rotatable bonds is 3. The summed E-state index contributed by atoms with van der Waals surface area (Å²) in [6, 6.07) is -0.249. The zero-order chi connectivity index (χ0) is 14.2. The van der Waals surface area contributed by atoms with E-state index in [2.05, 4.69) is 0 Å². The molecule has 0 spiro atoms. The van der Waals surface area contributed by atoms with Crippen LogP contribution in [0.25, 0.3) is 0 Å². The van der Waals surface area contributed by atoms with Gasteiger partial charge >= 0.3 is 5.97 Å². The van der Waals surface area contributed by atoms with Crippen molar-refractivity contribution in [3.05, 3.63) is 0 Å². The predicted molar refractivity (Wildman–Crippen MR) is 68.3 cm³/mol. The molecule has 0 aromatic heterocycles. The van der Waals surface area contributed by atoms with E-state index in [4.69, 9.17) is 5.11 Å². The summed E-state index contributed by atoms with van der Waals surface area (Å²) in [5.41, 5.74) is 0. The van der Waals surface area contributed by atoms with Gasteiger partial charge in [0.1, 0.15) is 0 Å². The van der Waals surface area contributed by atoms with E-state index in [0.29, 0.717) is 25.7 Å². The van der Waals surface area contributed by atoms with Crippen molar-refractivity contribution in [3.63, 3.8) is 0 Å². The third-order valence-corrected chi connectivity index (χ3v) is 5.99. The van der Waals surface area contributed by atoms with E-state index in [1.165, 1.54) is 4.90 Å². The average molecular weight is 289 g/mol. The Bertz CT molecular complexity index is 486. The lowest BCUT2D eigenvalue weighted by molar-refractivity contribution is -0.141. The Labute approximate surface area is 112 Å². The number of carboxylic acids is 1. The van der Waals surface area contributed by atoms with Gasteiger partial charge in [-0.05, 0) is 25.7 Å². The van der Waals surface area contributed by atoms with Crippen LogP contribution in [0.5, 0.6) is 0 Å². The molecule has 0 bridgehead atoms. The second kappa shape index (κ2) is 5.11. The summed E-state index contributed by atoms with van der Waals surface area (Å²) in [6.45, 7) is 0. The van der Waals surface area contributed by atoms with Crippen LogP contribution in [0.15, 0.2) is 0 Å². The highest BCUT2D eigenvalue weighted by atomic mass is 32.2. The highest BCUT2D eigenvalue weighted by Crippen LogP contribution is 2.33. The number of carboxylic acid groups (broad SMARTS) is 1. The molecular formula is C12H19NO5S. The molecule has 6 nitrogen and oxygen atoms in total. The molecule has 1 aliphatic heterocycles. The molecule has 19 heavy (non-hydrogen) atoms. The van der Waals surface area contributed by atoms with Crippen molar-refractivity contribution in [2.24, 2.45) is 11.8 Å². The maximum absolute atomic E-state index is 12.2. The van der Waals surface area contributed by atoms with Gasteiger partial charge in [0.05, 0.1) is 17.4 Å². The number of nitrogens with zero attached hydrogens (tertiary/aromatic N) is 1. The Morgan fingerprint density at radius 3 is 2.26 bits per heavy atom. The first-order chi connectivity index (χ1) is 8.80. The van der Waals surface area contributed by atoms with E-state index < -0.39 is 21.7 Å². The Morgan fingerprint density at radius 1 is 1.16 bits per heavy atom. The van der Waals surface area contributed by atoms with Crippen LogP contribution in [0.1, 0.15) is 25.7 Å². The van der Waals surface area contributed by atoms with Gasteiger partial charge in [-0.2, -0.15) is 0 Å².